The van der Waals surface area contributed by atoms with Crippen molar-refractivity contribution in [2.24, 2.45) is 0 Å². The van der Waals surface area contributed by atoms with Gasteiger partial charge in [0.25, 0.3) is 0 Å². The van der Waals surface area contributed by atoms with Crippen LogP contribution < -0.4 is 11.2 Å². The molecule has 7 heteroatoms. The number of nitrogens with one attached hydrogen (secondary N) is 1. The average molecular weight is 317 g/mol. The Hall–Kier alpha value is -2.28. The SMILES string of the molecule is C=CCNC(=O)[C@@H](C)Sc1nnc(-c2ccccc2C)n1N. The molecule has 0 aliphatic heterocycles. The highest BCUT2D eigenvalue weighted by molar-refractivity contribution is 8.00. The third-order valence-electron chi connectivity index (χ3n) is 3.12. The molecule has 2 rings (SSSR count). The first-order valence-electron chi connectivity index (χ1n) is 6.86. The summed E-state index contributed by atoms with van der Waals surface area (Å²) < 4.78 is 1.42. The lowest BCUT2D eigenvalue weighted by Gasteiger charge is -2.10. The van der Waals surface area contributed by atoms with Gasteiger partial charge in [0, 0.05) is 12.1 Å². The third kappa shape index (κ3) is 3.48. The van der Waals surface area contributed by atoms with Crippen molar-refractivity contribution in [3.63, 3.8) is 0 Å². The molecule has 0 fully saturated rings. The third-order valence-corrected chi connectivity index (χ3v) is 4.18. The van der Waals surface area contributed by atoms with E-state index in [0.717, 1.165) is 11.1 Å². The second-order valence-corrected chi connectivity index (χ2v) is 6.09. The second-order valence-electron chi connectivity index (χ2n) is 4.79. The molecule has 3 N–H and O–H groups in total. The molecule has 0 aliphatic rings. The van der Waals surface area contributed by atoms with Crippen LogP contribution in [0.1, 0.15) is 12.5 Å². The average Bonchev–Trinajstić information content (AvgIpc) is 2.86. The van der Waals surface area contributed by atoms with E-state index in [0.29, 0.717) is 17.5 Å². The summed E-state index contributed by atoms with van der Waals surface area (Å²) in [5.41, 5.74) is 1.99. The number of carbonyl (C=O) groups excluding carboxylic acids is 1. The van der Waals surface area contributed by atoms with E-state index in [9.17, 15) is 4.79 Å². The predicted molar refractivity (Wildman–Crippen MR) is 88.9 cm³/mol. The predicted octanol–water partition coefficient (Wildman–Crippen LogP) is 1.75. The van der Waals surface area contributed by atoms with Crippen LogP contribution in [0.25, 0.3) is 11.4 Å². The van der Waals surface area contributed by atoms with Gasteiger partial charge in [-0.2, -0.15) is 0 Å². The fraction of sp³-hybridized carbons (Fsp3) is 0.267. The Morgan fingerprint density at radius 2 is 2.23 bits per heavy atom. The summed E-state index contributed by atoms with van der Waals surface area (Å²) in [4.78, 5) is 11.9. The largest absolute Gasteiger partial charge is 0.352 e. The molecule has 0 saturated heterocycles. The molecule has 1 atom stereocenters. The van der Waals surface area contributed by atoms with Crippen molar-refractivity contribution in [3.05, 3.63) is 42.5 Å². The first-order chi connectivity index (χ1) is 10.5. The van der Waals surface area contributed by atoms with Gasteiger partial charge >= 0.3 is 0 Å². The Morgan fingerprint density at radius 1 is 1.50 bits per heavy atom. The van der Waals surface area contributed by atoms with Gasteiger partial charge < -0.3 is 11.2 Å². The molecular formula is C15H19N5OS. The number of hydrogen-bond donors (Lipinski definition) is 2. The standard InChI is InChI=1S/C15H19N5OS/c1-4-9-17-14(21)11(3)22-15-19-18-13(20(15)16)12-8-6-5-7-10(12)2/h4-8,11H,1,9,16H2,2-3H3,(H,17,21)/t11-/m1/s1. The van der Waals surface area contributed by atoms with Gasteiger partial charge in [-0.05, 0) is 19.4 Å². The van der Waals surface area contributed by atoms with Gasteiger partial charge in [-0.25, -0.2) is 4.68 Å². The number of nitrogens with zero attached hydrogens (tertiary/aromatic N) is 3. The summed E-state index contributed by atoms with van der Waals surface area (Å²) >= 11 is 1.27. The van der Waals surface area contributed by atoms with Gasteiger partial charge in [-0.1, -0.05) is 42.1 Å². The highest BCUT2D eigenvalue weighted by Gasteiger charge is 2.19. The number of nitrogens with two attached hydrogens (primary N) is 1. The van der Waals surface area contributed by atoms with Crippen molar-refractivity contribution in [1.29, 1.82) is 0 Å². The summed E-state index contributed by atoms with van der Waals surface area (Å²) in [6, 6.07) is 7.81. The Labute approximate surface area is 133 Å². The first kappa shape index (κ1) is 16.1. The zero-order valence-corrected chi connectivity index (χ0v) is 13.4. The van der Waals surface area contributed by atoms with Gasteiger partial charge in [0.1, 0.15) is 0 Å². The zero-order valence-electron chi connectivity index (χ0n) is 12.6. The smallest absolute Gasteiger partial charge is 0.233 e. The quantitative estimate of drug-likeness (QED) is 0.481. The highest BCUT2D eigenvalue weighted by Crippen LogP contribution is 2.26. The molecule has 1 amide bonds. The minimum absolute atomic E-state index is 0.0923. The van der Waals surface area contributed by atoms with Crippen LogP contribution in [0, 0.1) is 6.92 Å². The van der Waals surface area contributed by atoms with Crippen molar-refractivity contribution < 1.29 is 4.79 Å². The molecule has 1 aromatic carbocycles. The van der Waals surface area contributed by atoms with Gasteiger partial charge in [0.05, 0.1) is 5.25 Å². The lowest BCUT2D eigenvalue weighted by Crippen LogP contribution is -2.31. The van der Waals surface area contributed by atoms with Crippen molar-refractivity contribution in [3.8, 4) is 11.4 Å². The maximum Gasteiger partial charge on any atom is 0.233 e. The van der Waals surface area contributed by atoms with Crippen molar-refractivity contribution in [2.75, 3.05) is 12.4 Å². The molecule has 0 unspecified atom stereocenters. The lowest BCUT2D eigenvalue weighted by atomic mass is 10.1. The Morgan fingerprint density at radius 3 is 2.91 bits per heavy atom. The molecule has 0 bridgehead atoms. The Balaban J connectivity index is 2.16. The summed E-state index contributed by atoms with van der Waals surface area (Å²) in [6.07, 6.45) is 1.64. The first-order valence-corrected chi connectivity index (χ1v) is 7.74. The second kappa shape index (κ2) is 7.13. The van der Waals surface area contributed by atoms with Gasteiger partial charge in [-0.15, -0.1) is 16.8 Å². The van der Waals surface area contributed by atoms with E-state index in [-0.39, 0.29) is 11.2 Å². The summed E-state index contributed by atoms with van der Waals surface area (Å²) in [6.45, 7) is 7.79. The van der Waals surface area contributed by atoms with E-state index in [2.05, 4.69) is 22.1 Å². The van der Waals surface area contributed by atoms with Crippen LogP contribution in [0.3, 0.4) is 0 Å². The normalized spacial score (nSPS) is 11.9. The van der Waals surface area contributed by atoms with E-state index in [4.69, 9.17) is 5.84 Å². The molecule has 6 nitrogen and oxygen atoms in total. The summed E-state index contributed by atoms with van der Waals surface area (Å²) in [5, 5.41) is 11.1. The molecule has 2 aromatic rings. The van der Waals surface area contributed by atoms with Gasteiger partial charge in [-0.3, -0.25) is 4.79 Å². The van der Waals surface area contributed by atoms with Crippen LogP contribution in [0.5, 0.6) is 0 Å². The fourth-order valence-corrected chi connectivity index (χ4v) is 2.69. The summed E-state index contributed by atoms with van der Waals surface area (Å²) in [7, 11) is 0. The maximum atomic E-state index is 11.9. The number of thioether (sulfide) groups is 1. The van der Waals surface area contributed by atoms with Gasteiger partial charge in [0.2, 0.25) is 11.1 Å². The molecule has 116 valence electrons. The van der Waals surface area contributed by atoms with Crippen LogP contribution in [0.15, 0.2) is 42.1 Å². The minimum Gasteiger partial charge on any atom is -0.352 e. The molecule has 1 heterocycles. The number of nitrogen functional groups attached to an aromatic ring is 1. The van der Waals surface area contributed by atoms with Crippen LogP contribution in [-0.2, 0) is 4.79 Å². The van der Waals surface area contributed by atoms with Crippen molar-refractivity contribution in [2.45, 2.75) is 24.3 Å². The zero-order chi connectivity index (χ0) is 16.1. The molecule has 0 aliphatic carbocycles. The topological polar surface area (TPSA) is 85.8 Å². The number of carbonyl (C=O) groups is 1. The van der Waals surface area contributed by atoms with Crippen LogP contribution in [0.2, 0.25) is 0 Å². The van der Waals surface area contributed by atoms with Crippen molar-refractivity contribution >= 4 is 17.7 Å². The molecule has 0 saturated carbocycles. The molecule has 22 heavy (non-hydrogen) atoms. The number of aromatic nitrogens is 3. The van der Waals surface area contributed by atoms with Crippen LogP contribution in [0.4, 0.5) is 0 Å². The number of benzene rings is 1. The molecule has 0 radical (unpaired) electrons. The Bertz CT molecular complexity index is 682. The van der Waals surface area contributed by atoms with E-state index in [1.807, 2.05) is 31.2 Å². The number of hydrogen-bond acceptors (Lipinski definition) is 5. The van der Waals surface area contributed by atoms with Crippen LogP contribution in [-0.4, -0.2) is 32.6 Å². The lowest BCUT2D eigenvalue weighted by molar-refractivity contribution is -0.120. The van der Waals surface area contributed by atoms with Gasteiger partial charge in [0.15, 0.2) is 5.82 Å². The number of aryl methyl sites for hydroxylation is 1. The Kier molecular flexibility index (Phi) is 5.21. The van der Waals surface area contributed by atoms with Crippen LogP contribution >= 0.6 is 11.8 Å². The highest BCUT2D eigenvalue weighted by atomic mass is 32.2. The number of rotatable bonds is 6. The summed E-state index contributed by atoms with van der Waals surface area (Å²) in [5.74, 6) is 6.57. The fourth-order valence-electron chi connectivity index (χ4n) is 1.89. The molecular weight excluding hydrogens is 298 g/mol. The molecule has 0 spiro atoms. The van der Waals surface area contributed by atoms with E-state index >= 15 is 0 Å². The van der Waals surface area contributed by atoms with E-state index in [1.54, 1.807) is 13.0 Å². The van der Waals surface area contributed by atoms with Crippen molar-refractivity contribution in [1.82, 2.24) is 20.2 Å². The minimum atomic E-state index is -0.323. The van der Waals surface area contributed by atoms with E-state index < -0.39 is 0 Å². The van der Waals surface area contributed by atoms with E-state index in [1.165, 1.54) is 16.4 Å². The maximum absolute atomic E-state index is 11.9. The monoisotopic (exact) mass is 317 g/mol. The number of amides is 1. The molecule has 1 aromatic heterocycles.